The first-order chi connectivity index (χ1) is 15.1. The fourth-order valence-corrected chi connectivity index (χ4v) is 3.15. The van der Waals surface area contributed by atoms with Crippen LogP contribution in [-0.2, 0) is 20.7 Å². The van der Waals surface area contributed by atoms with Gasteiger partial charge >= 0.3 is 13.2 Å². The van der Waals surface area contributed by atoms with Crippen LogP contribution in [0.2, 0.25) is 0 Å². The van der Waals surface area contributed by atoms with Crippen molar-refractivity contribution in [1.29, 1.82) is 0 Å². The van der Waals surface area contributed by atoms with E-state index in [9.17, 15) is 4.79 Å². The zero-order chi connectivity index (χ0) is 23.4. The maximum atomic E-state index is 12.3. The maximum absolute atomic E-state index is 12.3. The molecule has 0 unspecified atom stereocenters. The second-order valence-corrected chi connectivity index (χ2v) is 8.81. The zero-order valence-electron chi connectivity index (χ0n) is 19.6. The first-order valence-corrected chi connectivity index (χ1v) is 10.6. The highest BCUT2D eigenvalue weighted by atomic mass is 16.7. The van der Waals surface area contributed by atoms with Gasteiger partial charge in [-0.05, 0) is 56.8 Å². The van der Waals surface area contributed by atoms with Gasteiger partial charge in [-0.25, -0.2) is 9.78 Å². The second-order valence-electron chi connectivity index (χ2n) is 8.81. The fourth-order valence-electron chi connectivity index (χ4n) is 3.15. The number of benzene rings is 1. The number of aryl methyl sites for hydroxylation is 1. The number of hydrogen-bond donors (Lipinski definition) is 1. The van der Waals surface area contributed by atoms with Gasteiger partial charge in [0.1, 0.15) is 6.61 Å². The maximum Gasteiger partial charge on any atom is 0.492 e. The summed E-state index contributed by atoms with van der Waals surface area (Å²) in [6.07, 6.45) is 3.15. The van der Waals surface area contributed by atoms with Gasteiger partial charge in [0.25, 0.3) is 0 Å². The molecule has 2 aromatic rings. The van der Waals surface area contributed by atoms with Gasteiger partial charge in [-0.2, -0.15) is 0 Å². The van der Waals surface area contributed by atoms with Crippen LogP contribution in [0.25, 0.3) is 6.08 Å². The first kappa shape index (κ1) is 23.8. The Bertz CT molecular complexity index is 960. The highest BCUT2D eigenvalue weighted by molar-refractivity contribution is 6.56. The van der Waals surface area contributed by atoms with E-state index < -0.39 is 24.4 Å². The number of hydrogen-bond acceptors (Lipinski definition) is 6. The Morgan fingerprint density at radius 2 is 1.81 bits per heavy atom. The molecule has 7 nitrogen and oxygen atoms in total. The molecule has 1 fully saturated rings. The molecule has 1 aromatic carbocycles. The number of methoxy groups -OCH3 is 1. The van der Waals surface area contributed by atoms with Crippen molar-refractivity contribution in [3.05, 3.63) is 64.8 Å². The van der Waals surface area contributed by atoms with E-state index in [0.29, 0.717) is 5.88 Å². The largest absolute Gasteiger partial charge is 0.492 e. The van der Waals surface area contributed by atoms with Crippen LogP contribution in [0.4, 0.5) is 4.79 Å². The molecule has 3 rings (SSSR count). The van der Waals surface area contributed by atoms with Gasteiger partial charge in [0.2, 0.25) is 5.88 Å². The Morgan fingerprint density at radius 1 is 1.16 bits per heavy atom. The molecular weight excluding hydrogens is 407 g/mol. The van der Waals surface area contributed by atoms with Crippen molar-refractivity contribution < 1.29 is 23.6 Å². The third kappa shape index (κ3) is 5.69. The first-order valence-electron chi connectivity index (χ1n) is 10.6. The number of rotatable bonds is 7. The highest BCUT2D eigenvalue weighted by Gasteiger charge is 2.52. The van der Waals surface area contributed by atoms with Crippen molar-refractivity contribution in [1.82, 2.24) is 10.3 Å². The molecule has 1 aromatic heterocycles. The van der Waals surface area contributed by atoms with E-state index in [1.54, 1.807) is 13.3 Å². The van der Waals surface area contributed by atoms with Crippen LogP contribution in [0.1, 0.15) is 44.4 Å². The van der Waals surface area contributed by atoms with Crippen molar-refractivity contribution in [2.24, 2.45) is 0 Å². The van der Waals surface area contributed by atoms with Gasteiger partial charge in [0.15, 0.2) is 0 Å². The van der Waals surface area contributed by atoms with Crippen molar-refractivity contribution in [3.8, 4) is 5.88 Å². The smallest absolute Gasteiger partial charge is 0.481 e. The monoisotopic (exact) mass is 438 g/mol. The summed E-state index contributed by atoms with van der Waals surface area (Å²) in [7, 11) is 0.967. The molecule has 0 bridgehead atoms. The second kappa shape index (κ2) is 9.75. The lowest BCUT2D eigenvalue weighted by Gasteiger charge is -2.32. The number of carbonyl (C=O) groups excluding carboxylic acids is 1. The standard InChI is InChI=1S/C24H31BN2O5/c1-17-12-21(29-6)26-14-19(17)13-20(25-31-23(2,3)24(4,5)32-25)15-27-22(28)30-16-18-10-8-7-9-11-18/h7-14H,15-16H2,1-6H3,(H,27,28). The number of carbonyl (C=O) groups is 1. The minimum atomic E-state index is -0.615. The topological polar surface area (TPSA) is 78.9 Å². The fraction of sp³-hybridized carbons (Fsp3) is 0.417. The summed E-state index contributed by atoms with van der Waals surface area (Å²) in [5, 5.41) is 2.81. The molecular formula is C24H31BN2O5. The summed E-state index contributed by atoms with van der Waals surface area (Å²) >= 11 is 0. The number of aromatic nitrogens is 1. The van der Waals surface area contributed by atoms with Crippen molar-refractivity contribution >= 4 is 19.3 Å². The van der Waals surface area contributed by atoms with Gasteiger partial charge in [-0.15, -0.1) is 0 Å². The van der Waals surface area contributed by atoms with E-state index in [2.05, 4.69) is 10.3 Å². The molecule has 0 atom stereocenters. The van der Waals surface area contributed by atoms with Crippen LogP contribution in [0, 0.1) is 6.92 Å². The van der Waals surface area contributed by atoms with Crippen molar-refractivity contribution in [2.75, 3.05) is 13.7 Å². The molecule has 8 heteroatoms. The normalized spacial score (nSPS) is 17.2. The van der Waals surface area contributed by atoms with Crippen molar-refractivity contribution in [3.63, 3.8) is 0 Å². The van der Waals surface area contributed by atoms with Gasteiger partial charge in [-0.3, -0.25) is 0 Å². The summed E-state index contributed by atoms with van der Waals surface area (Å²) in [4.78, 5) is 16.6. The molecule has 1 N–H and O–H groups in total. The van der Waals surface area contributed by atoms with Crippen LogP contribution in [0.5, 0.6) is 5.88 Å². The van der Waals surface area contributed by atoms with Gasteiger partial charge in [0.05, 0.1) is 18.3 Å². The molecule has 2 heterocycles. The molecule has 1 saturated heterocycles. The van der Waals surface area contributed by atoms with E-state index in [4.69, 9.17) is 18.8 Å². The predicted molar refractivity (Wildman–Crippen MR) is 124 cm³/mol. The lowest BCUT2D eigenvalue weighted by Crippen LogP contribution is -2.41. The van der Waals surface area contributed by atoms with E-state index >= 15 is 0 Å². The van der Waals surface area contributed by atoms with Crippen LogP contribution in [0.15, 0.2) is 48.1 Å². The van der Waals surface area contributed by atoms with E-state index in [1.807, 2.05) is 77.1 Å². The van der Waals surface area contributed by atoms with Crippen LogP contribution < -0.4 is 10.1 Å². The highest BCUT2D eigenvalue weighted by Crippen LogP contribution is 2.38. The van der Waals surface area contributed by atoms with E-state index in [-0.39, 0.29) is 13.2 Å². The minimum Gasteiger partial charge on any atom is -0.481 e. The summed E-state index contributed by atoms with van der Waals surface area (Å²) in [6, 6.07) is 11.4. The molecule has 0 radical (unpaired) electrons. The average Bonchev–Trinajstić information content (AvgIpc) is 2.98. The third-order valence-electron chi connectivity index (χ3n) is 5.88. The average molecular weight is 438 g/mol. The minimum absolute atomic E-state index is 0.198. The summed E-state index contributed by atoms with van der Waals surface area (Å²) < 4.78 is 23.0. The van der Waals surface area contributed by atoms with Gasteiger partial charge < -0.3 is 24.1 Å². The molecule has 1 aliphatic rings. The van der Waals surface area contributed by atoms with Crippen LogP contribution in [-0.4, -0.2) is 43.1 Å². The third-order valence-corrected chi connectivity index (χ3v) is 5.88. The number of pyridine rings is 1. The quantitative estimate of drug-likeness (QED) is 0.648. The molecule has 1 aliphatic heterocycles. The number of amides is 1. The molecule has 0 saturated carbocycles. The lowest BCUT2D eigenvalue weighted by molar-refractivity contribution is 0.00578. The Labute approximate surface area is 190 Å². The van der Waals surface area contributed by atoms with Crippen LogP contribution in [0.3, 0.4) is 0 Å². The predicted octanol–water partition coefficient (Wildman–Crippen LogP) is 4.34. The Hall–Kier alpha value is -2.84. The lowest BCUT2D eigenvalue weighted by atomic mass is 9.77. The molecule has 0 spiro atoms. The Balaban J connectivity index is 1.76. The molecule has 32 heavy (non-hydrogen) atoms. The number of ether oxygens (including phenoxy) is 2. The number of nitrogens with one attached hydrogen (secondary N) is 1. The van der Waals surface area contributed by atoms with Crippen LogP contribution >= 0.6 is 0 Å². The summed E-state index contributed by atoms with van der Waals surface area (Å²) in [5.41, 5.74) is 2.54. The zero-order valence-corrected chi connectivity index (χ0v) is 19.6. The van der Waals surface area contributed by atoms with E-state index in [0.717, 1.165) is 22.2 Å². The number of nitrogens with zero attached hydrogens (tertiary/aromatic N) is 1. The Morgan fingerprint density at radius 3 is 2.41 bits per heavy atom. The van der Waals surface area contributed by atoms with E-state index in [1.165, 1.54) is 0 Å². The summed E-state index contributed by atoms with van der Waals surface area (Å²) in [6.45, 7) is 10.3. The van der Waals surface area contributed by atoms with Gasteiger partial charge in [0, 0.05) is 18.8 Å². The Kier molecular flexibility index (Phi) is 7.26. The number of alkyl carbamates (subject to hydrolysis) is 1. The van der Waals surface area contributed by atoms with Gasteiger partial charge in [-0.1, -0.05) is 36.4 Å². The SMILES string of the molecule is COc1cc(C)c(C=C(CNC(=O)OCc2ccccc2)B2OC(C)(C)C(C)(C)O2)cn1. The van der Waals surface area contributed by atoms with Crippen molar-refractivity contribution in [2.45, 2.75) is 52.4 Å². The molecule has 1 amide bonds. The molecule has 0 aliphatic carbocycles. The molecule has 170 valence electrons. The summed E-state index contributed by atoms with van der Waals surface area (Å²) in [5.74, 6) is 0.541.